The zero-order valence-corrected chi connectivity index (χ0v) is 15.0. The van der Waals surface area contributed by atoms with Crippen molar-refractivity contribution in [2.75, 3.05) is 12.9 Å². The summed E-state index contributed by atoms with van der Waals surface area (Å²) in [7, 11) is -3.48. The predicted molar refractivity (Wildman–Crippen MR) is 87.4 cm³/mol. The van der Waals surface area contributed by atoms with Crippen LogP contribution in [0.4, 0.5) is 0 Å². The summed E-state index contributed by atoms with van der Waals surface area (Å²) in [6.45, 7) is 5.14. The van der Waals surface area contributed by atoms with Gasteiger partial charge in [-0.25, -0.2) is 13.2 Å². The first-order chi connectivity index (χ1) is 10.5. The first-order valence-corrected chi connectivity index (χ1v) is 9.21. The van der Waals surface area contributed by atoms with Gasteiger partial charge in [-0.3, -0.25) is 4.79 Å². The van der Waals surface area contributed by atoms with Gasteiger partial charge in [0.05, 0.1) is 15.5 Å². The van der Waals surface area contributed by atoms with Gasteiger partial charge in [-0.05, 0) is 38.5 Å². The third-order valence-corrected chi connectivity index (χ3v) is 4.72. The smallest absolute Gasteiger partial charge is 0.340 e. The molecule has 0 aliphatic carbocycles. The monoisotopic (exact) mass is 361 g/mol. The molecule has 128 valence electrons. The number of benzene rings is 1. The van der Waals surface area contributed by atoms with Crippen molar-refractivity contribution in [1.29, 1.82) is 0 Å². The number of sulfone groups is 1. The molecule has 1 rings (SSSR count). The topological polar surface area (TPSA) is 89.5 Å². The number of hydrogen-bond acceptors (Lipinski definition) is 5. The third kappa shape index (κ3) is 5.84. The van der Waals surface area contributed by atoms with Gasteiger partial charge < -0.3 is 10.1 Å². The Morgan fingerprint density at radius 3 is 2.43 bits per heavy atom. The van der Waals surface area contributed by atoms with Gasteiger partial charge in [-0.15, -0.1) is 0 Å². The van der Waals surface area contributed by atoms with Gasteiger partial charge in [0.15, 0.2) is 16.4 Å². The van der Waals surface area contributed by atoms with E-state index in [2.05, 4.69) is 5.32 Å². The number of amides is 1. The van der Waals surface area contributed by atoms with Crippen LogP contribution in [-0.2, 0) is 19.4 Å². The number of halogens is 1. The lowest BCUT2D eigenvalue weighted by Gasteiger charge is -2.24. The molecular weight excluding hydrogens is 342 g/mol. The van der Waals surface area contributed by atoms with E-state index in [0.717, 1.165) is 18.7 Å². The van der Waals surface area contributed by atoms with E-state index < -0.39 is 33.9 Å². The minimum Gasteiger partial charge on any atom is -0.452 e. The van der Waals surface area contributed by atoms with Crippen molar-refractivity contribution in [2.24, 2.45) is 0 Å². The Labute approximate surface area is 141 Å². The fourth-order valence-electron chi connectivity index (χ4n) is 1.60. The van der Waals surface area contributed by atoms with E-state index in [1.165, 1.54) is 12.1 Å². The molecule has 1 aromatic carbocycles. The molecule has 0 unspecified atom stereocenters. The maximum atomic E-state index is 12.0. The largest absolute Gasteiger partial charge is 0.452 e. The van der Waals surface area contributed by atoms with Gasteiger partial charge in [0.25, 0.3) is 5.91 Å². The molecule has 0 heterocycles. The molecule has 0 aliphatic heterocycles. The lowest BCUT2D eigenvalue weighted by molar-refractivity contribution is -0.125. The van der Waals surface area contributed by atoms with Crippen LogP contribution < -0.4 is 5.32 Å². The maximum absolute atomic E-state index is 12.0. The summed E-state index contributed by atoms with van der Waals surface area (Å²) in [4.78, 5) is 23.7. The number of esters is 1. The molecule has 0 aromatic heterocycles. The number of carbonyl (C=O) groups excluding carboxylic acids is 2. The summed E-state index contributed by atoms with van der Waals surface area (Å²) < 4.78 is 27.9. The Balaban J connectivity index is 2.81. The normalized spacial score (nSPS) is 11.9. The standard InChI is InChI=1S/C15H20ClNO5S/c1-5-15(2,3)17-13(18)9-22-14(19)11-8-10(23(4,20)21)6-7-12(11)16/h6-8H,5,9H2,1-4H3,(H,17,18). The summed E-state index contributed by atoms with van der Waals surface area (Å²) >= 11 is 5.89. The number of carbonyl (C=O) groups is 2. The van der Waals surface area contributed by atoms with Crippen LogP contribution in [0.2, 0.25) is 5.02 Å². The fourth-order valence-corrected chi connectivity index (χ4v) is 2.44. The van der Waals surface area contributed by atoms with Gasteiger partial charge in [0.2, 0.25) is 0 Å². The van der Waals surface area contributed by atoms with Crippen LogP contribution in [0.15, 0.2) is 23.1 Å². The summed E-state index contributed by atoms with van der Waals surface area (Å²) in [5, 5.41) is 2.77. The van der Waals surface area contributed by atoms with Crippen LogP contribution >= 0.6 is 11.6 Å². The Kier molecular flexibility index (Phi) is 6.18. The SMILES string of the molecule is CCC(C)(C)NC(=O)COC(=O)c1cc(S(C)(=O)=O)ccc1Cl. The summed E-state index contributed by atoms with van der Waals surface area (Å²) in [5.74, 6) is -1.30. The van der Waals surface area contributed by atoms with Crippen LogP contribution in [0.3, 0.4) is 0 Å². The third-order valence-electron chi connectivity index (χ3n) is 3.28. The molecule has 0 radical (unpaired) electrons. The van der Waals surface area contributed by atoms with Crippen LogP contribution in [0, 0.1) is 0 Å². The number of ether oxygens (including phenoxy) is 1. The van der Waals surface area contributed by atoms with Gasteiger partial charge in [-0.2, -0.15) is 0 Å². The molecule has 1 N–H and O–H groups in total. The van der Waals surface area contributed by atoms with Crippen molar-refractivity contribution < 1.29 is 22.7 Å². The van der Waals surface area contributed by atoms with Crippen LogP contribution in [0.25, 0.3) is 0 Å². The van der Waals surface area contributed by atoms with Crippen molar-refractivity contribution in [3.05, 3.63) is 28.8 Å². The molecule has 6 nitrogen and oxygen atoms in total. The molecule has 23 heavy (non-hydrogen) atoms. The zero-order valence-electron chi connectivity index (χ0n) is 13.5. The average molecular weight is 362 g/mol. The van der Waals surface area contributed by atoms with Crippen molar-refractivity contribution in [2.45, 2.75) is 37.6 Å². The van der Waals surface area contributed by atoms with Crippen LogP contribution in [0.5, 0.6) is 0 Å². The minimum atomic E-state index is -3.48. The second-order valence-electron chi connectivity index (χ2n) is 5.78. The van der Waals surface area contributed by atoms with Crippen molar-refractivity contribution in [3.63, 3.8) is 0 Å². The number of nitrogens with one attached hydrogen (secondary N) is 1. The molecule has 0 saturated carbocycles. The van der Waals surface area contributed by atoms with E-state index >= 15 is 0 Å². The molecule has 1 aromatic rings. The Bertz CT molecular complexity index is 713. The lowest BCUT2D eigenvalue weighted by Crippen LogP contribution is -2.44. The van der Waals surface area contributed by atoms with Gasteiger partial charge in [-0.1, -0.05) is 18.5 Å². The van der Waals surface area contributed by atoms with E-state index in [9.17, 15) is 18.0 Å². The first kappa shape index (κ1) is 19.4. The Morgan fingerprint density at radius 2 is 1.91 bits per heavy atom. The predicted octanol–water partition coefficient (Wildman–Crippen LogP) is 2.21. The highest BCUT2D eigenvalue weighted by molar-refractivity contribution is 7.90. The summed E-state index contributed by atoms with van der Waals surface area (Å²) in [6.07, 6.45) is 1.74. The first-order valence-electron chi connectivity index (χ1n) is 6.94. The highest BCUT2D eigenvalue weighted by Crippen LogP contribution is 2.21. The molecule has 8 heteroatoms. The maximum Gasteiger partial charge on any atom is 0.340 e. The quantitative estimate of drug-likeness (QED) is 0.784. The highest BCUT2D eigenvalue weighted by atomic mass is 35.5. The Morgan fingerprint density at radius 1 is 1.30 bits per heavy atom. The molecule has 0 spiro atoms. The average Bonchev–Trinajstić information content (AvgIpc) is 2.43. The molecule has 0 atom stereocenters. The van der Waals surface area contributed by atoms with Gasteiger partial charge in [0, 0.05) is 11.8 Å². The molecule has 0 bridgehead atoms. The molecule has 1 amide bonds. The van der Waals surface area contributed by atoms with Gasteiger partial charge >= 0.3 is 5.97 Å². The fraction of sp³-hybridized carbons (Fsp3) is 0.467. The summed E-state index contributed by atoms with van der Waals surface area (Å²) in [5.41, 5.74) is -0.505. The molecule has 0 aliphatic rings. The number of rotatable bonds is 6. The van der Waals surface area contributed by atoms with Crippen LogP contribution in [-0.4, -0.2) is 38.7 Å². The summed E-state index contributed by atoms with van der Waals surface area (Å²) in [6, 6.07) is 3.73. The van der Waals surface area contributed by atoms with Crippen LogP contribution in [0.1, 0.15) is 37.6 Å². The Hall–Kier alpha value is -1.60. The lowest BCUT2D eigenvalue weighted by atomic mass is 10.0. The van der Waals surface area contributed by atoms with E-state index in [4.69, 9.17) is 16.3 Å². The number of hydrogen-bond donors (Lipinski definition) is 1. The minimum absolute atomic E-state index is 0.0505. The highest BCUT2D eigenvalue weighted by Gasteiger charge is 2.20. The molecule has 0 fully saturated rings. The van der Waals surface area contributed by atoms with E-state index in [1.807, 2.05) is 20.8 Å². The van der Waals surface area contributed by atoms with E-state index in [0.29, 0.717) is 0 Å². The second kappa shape index (κ2) is 7.31. The van der Waals surface area contributed by atoms with Crippen molar-refractivity contribution in [3.8, 4) is 0 Å². The van der Waals surface area contributed by atoms with Crippen molar-refractivity contribution >= 4 is 33.3 Å². The second-order valence-corrected chi connectivity index (χ2v) is 8.20. The molecular formula is C15H20ClNO5S. The van der Waals surface area contributed by atoms with E-state index in [1.54, 1.807) is 0 Å². The zero-order chi connectivity index (χ0) is 17.8. The van der Waals surface area contributed by atoms with E-state index in [-0.39, 0.29) is 15.5 Å². The van der Waals surface area contributed by atoms with Crippen molar-refractivity contribution in [1.82, 2.24) is 5.32 Å². The van der Waals surface area contributed by atoms with Gasteiger partial charge in [0.1, 0.15) is 0 Å². The molecule has 0 saturated heterocycles.